The third kappa shape index (κ3) is 1.76. The minimum Gasteiger partial charge on any atom is -0.307 e. The van der Waals surface area contributed by atoms with Crippen LogP contribution < -0.4 is 11.2 Å². The molecule has 4 nitrogen and oxygen atoms in total. The molecule has 0 aliphatic rings. The SMILES string of the molecule is Cc1ccc2[nH]c(=O)n(CCCl)c(=O)c2c1. The van der Waals surface area contributed by atoms with Gasteiger partial charge in [0.15, 0.2) is 0 Å². The van der Waals surface area contributed by atoms with Crippen LogP contribution in [0.25, 0.3) is 10.9 Å². The van der Waals surface area contributed by atoms with Crippen LogP contribution in [0.4, 0.5) is 0 Å². The fourth-order valence-corrected chi connectivity index (χ4v) is 1.82. The first-order chi connectivity index (χ1) is 7.63. The standard InChI is InChI=1S/C11H11ClN2O2/c1-7-2-3-9-8(6-7)10(15)14(5-4-12)11(16)13-9/h2-3,6H,4-5H2,1H3,(H,13,16). The van der Waals surface area contributed by atoms with Crippen molar-refractivity contribution in [2.75, 3.05) is 5.88 Å². The highest BCUT2D eigenvalue weighted by Crippen LogP contribution is 2.07. The van der Waals surface area contributed by atoms with E-state index in [2.05, 4.69) is 4.98 Å². The van der Waals surface area contributed by atoms with E-state index in [9.17, 15) is 9.59 Å². The summed E-state index contributed by atoms with van der Waals surface area (Å²) in [5, 5.41) is 0.518. The lowest BCUT2D eigenvalue weighted by molar-refractivity contribution is 0.688. The van der Waals surface area contributed by atoms with Crippen LogP contribution in [0.5, 0.6) is 0 Å². The molecule has 0 aliphatic heterocycles. The lowest BCUT2D eigenvalue weighted by atomic mass is 10.2. The van der Waals surface area contributed by atoms with Crippen LogP contribution >= 0.6 is 11.6 Å². The number of benzene rings is 1. The predicted molar refractivity (Wildman–Crippen MR) is 64.3 cm³/mol. The highest BCUT2D eigenvalue weighted by atomic mass is 35.5. The summed E-state index contributed by atoms with van der Waals surface area (Å²) in [5.41, 5.74) is 0.839. The van der Waals surface area contributed by atoms with Crippen molar-refractivity contribution in [2.24, 2.45) is 0 Å². The number of H-pyrrole nitrogens is 1. The van der Waals surface area contributed by atoms with E-state index in [1.165, 1.54) is 0 Å². The second-order valence-corrected chi connectivity index (χ2v) is 4.00. The molecule has 0 radical (unpaired) electrons. The van der Waals surface area contributed by atoms with Crippen LogP contribution in [0, 0.1) is 6.92 Å². The van der Waals surface area contributed by atoms with Crippen molar-refractivity contribution in [2.45, 2.75) is 13.5 Å². The molecular weight excluding hydrogens is 228 g/mol. The fraction of sp³-hybridized carbons (Fsp3) is 0.273. The summed E-state index contributed by atoms with van der Waals surface area (Å²) < 4.78 is 1.12. The number of nitrogens with zero attached hydrogens (tertiary/aromatic N) is 1. The molecule has 0 bridgehead atoms. The second-order valence-electron chi connectivity index (χ2n) is 3.62. The van der Waals surface area contributed by atoms with Gasteiger partial charge in [-0.1, -0.05) is 11.6 Å². The molecule has 1 heterocycles. The van der Waals surface area contributed by atoms with E-state index in [1.807, 2.05) is 13.0 Å². The van der Waals surface area contributed by atoms with Crippen molar-refractivity contribution in [3.63, 3.8) is 0 Å². The van der Waals surface area contributed by atoms with Gasteiger partial charge in [-0.2, -0.15) is 0 Å². The third-order valence-electron chi connectivity index (χ3n) is 2.45. The van der Waals surface area contributed by atoms with E-state index in [4.69, 9.17) is 11.6 Å². The van der Waals surface area contributed by atoms with Gasteiger partial charge >= 0.3 is 5.69 Å². The molecule has 0 saturated carbocycles. The van der Waals surface area contributed by atoms with Crippen LogP contribution in [-0.2, 0) is 6.54 Å². The first-order valence-electron chi connectivity index (χ1n) is 4.93. The number of hydrogen-bond donors (Lipinski definition) is 1. The first kappa shape index (κ1) is 11.0. The van der Waals surface area contributed by atoms with Crippen molar-refractivity contribution in [3.8, 4) is 0 Å². The Balaban J connectivity index is 2.85. The van der Waals surface area contributed by atoms with Crippen molar-refractivity contribution in [1.82, 2.24) is 9.55 Å². The monoisotopic (exact) mass is 238 g/mol. The van der Waals surface area contributed by atoms with Gasteiger partial charge in [0.1, 0.15) is 0 Å². The molecule has 0 fully saturated rings. The molecule has 16 heavy (non-hydrogen) atoms. The Kier molecular flexibility index (Phi) is 2.83. The summed E-state index contributed by atoms with van der Waals surface area (Å²) in [6.07, 6.45) is 0. The summed E-state index contributed by atoms with van der Waals surface area (Å²) in [4.78, 5) is 26.2. The van der Waals surface area contributed by atoms with Crippen molar-refractivity contribution in [1.29, 1.82) is 0 Å². The van der Waals surface area contributed by atoms with Gasteiger partial charge in [0.05, 0.1) is 10.9 Å². The Labute approximate surface area is 96.5 Å². The minimum absolute atomic E-state index is 0.222. The van der Waals surface area contributed by atoms with E-state index in [0.717, 1.165) is 10.1 Å². The average molecular weight is 239 g/mol. The average Bonchev–Trinajstić information content (AvgIpc) is 2.26. The van der Waals surface area contributed by atoms with Crippen molar-refractivity contribution < 1.29 is 0 Å². The smallest absolute Gasteiger partial charge is 0.307 e. The number of nitrogens with one attached hydrogen (secondary N) is 1. The largest absolute Gasteiger partial charge is 0.328 e. The number of rotatable bonds is 2. The zero-order chi connectivity index (χ0) is 11.7. The quantitative estimate of drug-likeness (QED) is 0.801. The summed E-state index contributed by atoms with van der Waals surface area (Å²) in [6, 6.07) is 5.35. The molecular formula is C11H11ClN2O2. The van der Waals surface area contributed by atoms with Crippen LogP contribution in [-0.4, -0.2) is 15.4 Å². The van der Waals surface area contributed by atoms with E-state index in [0.29, 0.717) is 10.9 Å². The van der Waals surface area contributed by atoms with Crippen molar-refractivity contribution >= 4 is 22.5 Å². The van der Waals surface area contributed by atoms with Crippen LogP contribution in [0.3, 0.4) is 0 Å². The highest BCUT2D eigenvalue weighted by molar-refractivity contribution is 6.17. The number of fused-ring (bicyclic) bond motifs is 1. The van der Waals surface area contributed by atoms with Crippen LogP contribution in [0.15, 0.2) is 27.8 Å². The number of aryl methyl sites for hydroxylation is 1. The van der Waals surface area contributed by atoms with Crippen molar-refractivity contribution in [3.05, 3.63) is 44.6 Å². The zero-order valence-electron chi connectivity index (χ0n) is 8.79. The minimum atomic E-state index is -0.415. The Hall–Kier alpha value is -1.55. The molecule has 0 spiro atoms. The van der Waals surface area contributed by atoms with E-state index < -0.39 is 5.69 Å². The molecule has 0 amide bonds. The Morgan fingerprint density at radius 3 is 2.81 bits per heavy atom. The number of hydrogen-bond acceptors (Lipinski definition) is 2. The molecule has 5 heteroatoms. The third-order valence-corrected chi connectivity index (χ3v) is 2.61. The highest BCUT2D eigenvalue weighted by Gasteiger charge is 2.06. The maximum absolute atomic E-state index is 12.0. The van der Waals surface area contributed by atoms with Gasteiger partial charge in [-0.3, -0.25) is 9.36 Å². The van der Waals surface area contributed by atoms with Gasteiger partial charge in [-0.25, -0.2) is 4.79 Å². The maximum atomic E-state index is 12.0. The lowest BCUT2D eigenvalue weighted by Crippen LogP contribution is -2.35. The molecule has 1 aromatic heterocycles. The van der Waals surface area contributed by atoms with E-state index in [1.54, 1.807) is 12.1 Å². The van der Waals surface area contributed by atoms with E-state index in [-0.39, 0.29) is 18.0 Å². The van der Waals surface area contributed by atoms with Gasteiger partial charge in [-0.15, -0.1) is 11.6 Å². The Morgan fingerprint density at radius 2 is 2.12 bits per heavy atom. The second kappa shape index (κ2) is 4.14. The van der Waals surface area contributed by atoms with Gasteiger partial charge < -0.3 is 4.98 Å². The zero-order valence-corrected chi connectivity index (χ0v) is 9.54. The molecule has 0 saturated heterocycles. The Bertz CT molecular complexity index is 642. The molecule has 0 atom stereocenters. The number of halogens is 1. The maximum Gasteiger partial charge on any atom is 0.328 e. The van der Waals surface area contributed by atoms with Crippen LogP contribution in [0.1, 0.15) is 5.56 Å². The van der Waals surface area contributed by atoms with Gasteiger partial charge in [0, 0.05) is 12.4 Å². The van der Waals surface area contributed by atoms with Crippen LogP contribution in [0.2, 0.25) is 0 Å². The van der Waals surface area contributed by atoms with Gasteiger partial charge in [-0.05, 0) is 19.1 Å². The number of aromatic amines is 1. The molecule has 2 rings (SSSR count). The lowest BCUT2D eigenvalue weighted by Gasteiger charge is -2.04. The summed E-state index contributed by atoms with van der Waals surface area (Å²) in [6.45, 7) is 2.12. The Morgan fingerprint density at radius 1 is 1.38 bits per heavy atom. The molecule has 1 N–H and O–H groups in total. The molecule has 0 aliphatic carbocycles. The summed E-state index contributed by atoms with van der Waals surface area (Å²) in [7, 11) is 0. The number of aromatic nitrogens is 2. The number of alkyl halides is 1. The fourth-order valence-electron chi connectivity index (χ4n) is 1.65. The van der Waals surface area contributed by atoms with Gasteiger partial charge in [0.2, 0.25) is 0 Å². The molecule has 0 unspecified atom stereocenters. The first-order valence-corrected chi connectivity index (χ1v) is 5.46. The van der Waals surface area contributed by atoms with E-state index >= 15 is 0 Å². The molecule has 84 valence electrons. The normalized spacial score (nSPS) is 10.9. The summed E-state index contributed by atoms with van der Waals surface area (Å²) in [5.74, 6) is 0.236. The summed E-state index contributed by atoms with van der Waals surface area (Å²) >= 11 is 5.55. The molecule has 1 aromatic carbocycles. The topological polar surface area (TPSA) is 54.9 Å². The van der Waals surface area contributed by atoms with Gasteiger partial charge in [0.25, 0.3) is 5.56 Å². The predicted octanol–water partition coefficient (Wildman–Crippen LogP) is 1.24. The molecule has 2 aromatic rings.